The summed E-state index contributed by atoms with van der Waals surface area (Å²) in [5, 5.41) is 3.45. The zero-order valence-corrected chi connectivity index (χ0v) is 14.3. The summed E-state index contributed by atoms with van der Waals surface area (Å²) in [5.41, 5.74) is 12.5. The number of nitrogens with one attached hydrogen (secondary N) is 1. The molecule has 3 nitrogen and oxygen atoms in total. The Bertz CT molecular complexity index is 356. The van der Waals surface area contributed by atoms with Crippen LogP contribution in [0.2, 0.25) is 0 Å². The second-order valence-corrected chi connectivity index (χ2v) is 6.36. The van der Waals surface area contributed by atoms with E-state index < -0.39 is 0 Å². The Balaban J connectivity index is 2.25. The van der Waals surface area contributed by atoms with Crippen molar-refractivity contribution in [1.29, 1.82) is 0 Å². The van der Waals surface area contributed by atoms with Gasteiger partial charge in [0.15, 0.2) is 0 Å². The first-order valence-electron chi connectivity index (χ1n) is 9.05. The van der Waals surface area contributed by atoms with E-state index in [0.29, 0.717) is 5.92 Å². The minimum atomic E-state index is -0.132. The highest BCUT2D eigenvalue weighted by atomic mass is 14.9. The van der Waals surface area contributed by atoms with Gasteiger partial charge in [0.2, 0.25) is 0 Å². The molecule has 0 aliphatic carbocycles. The van der Waals surface area contributed by atoms with Crippen molar-refractivity contribution in [2.45, 2.75) is 77.3 Å². The highest BCUT2D eigenvalue weighted by Crippen LogP contribution is 2.24. The molecule has 0 aromatic heterocycles. The van der Waals surface area contributed by atoms with Crippen molar-refractivity contribution in [3.63, 3.8) is 0 Å². The molecule has 22 heavy (non-hydrogen) atoms. The van der Waals surface area contributed by atoms with Gasteiger partial charge in [0.05, 0.1) is 6.17 Å². The van der Waals surface area contributed by atoms with Crippen molar-refractivity contribution in [3.05, 3.63) is 36.2 Å². The highest BCUT2D eigenvalue weighted by Gasteiger charge is 2.13. The van der Waals surface area contributed by atoms with Crippen LogP contribution in [0.25, 0.3) is 0 Å². The molecule has 0 bridgehead atoms. The van der Waals surface area contributed by atoms with E-state index in [-0.39, 0.29) is 6.17 Å². The summed E-state index contributed by atoms with van der Waals surface area (Å²) >= 11 is 0. The molecule has 0 radical (unpaired) electrons. The van der Waals surface area contributed by atoms with Gasteiger partial charge in [0.25, 0.3) is 0 Å². The zero-order chi connectivity index (χ0) is 16.0. The van der Waals surface area contributed by atoms with Crippen LogP contribution in [0.1, 0.15) is 71.1 Å². The molecule has 0 saturated carbocycles. The minimum absolute atomic E-state index is 0.132. The number of rotatable bonds is 12. The molecule has 1 aliphatic heterocycles. The van der Waals surface area contributed by atoms with Gasteiger partial charge in [-0.05, 0) is 37.3 Å². The highest BCUT2D eigenvalue weighted by molar-refractivity contribution is 5.22. The lowest BCUT2D eigenvalue weighted by molar-refractivity contribution is 0.446. The molecule has 1 atom stereocenters. The Kier molecular flexibility index (Phi) is 10.8. The minimum Gasteiger partial charge on any atom is -0.365 e. The number of allylic oxidation sites excluding steroid dienone is 5. The molecule has 5 N–H and O–H groups in total. The smallest absolute Gasteiger partial charge is 0.0520 e. The van der Waals surface area contributed by atoms with E-state index in [1.54, 1.807) is 0 Å². The molecular formula is C19H35N3. The van der Waals surface area contributed by atoms with Crippen LogP contribution in [0.4, 0.5) is 0 Å². The molecule has 0 fully saturated rings. The van der Waals surface area contributed by atoms with Crippen molar-refractivity contribution in [3.8, 4) is 0 Å². The molecule has 0 spiro atoms. The predicted molar refractivity (Wildman–Crippen MR) is 97.0 cm³/mol. The molecule has 0 aromatic carbocycles. The third kappa shape index (κ3) is 9.06. The molecule has 0 amide bonds. The van der Waals surface area contributed by atoms with Gasteiger partial charge in [-0.2, -0.15) is 0 Å². The fraction of sp³-hybridized carbons (Fsp3) is 0.684. The molecule has 0 saturated heterocycles. The topological polar surface area (TPSA) is 64.1 Å². The van der Waals surface area contributed by atoms with Gasteiger partial charge in [0.1, 0.15) is 0 Å². The Morgan fingerprint density at radius 3 is 2.27 bits per heavy atom. The van der Waals surface area contributed by atoms with E-state index >= 15 is 0 Å². The molecule has 1 heterocycles. The lowest BCUT2D eigenvalue weighted by atomic mass is 9.91. The Morgan fingerprint density at radius 1 is 0.864 bits per heavy atom. The zero-order valence-electron chi connectivity index (χ0n) is 14.3. The van der Waals surface area contributed by atoms with Crippen molar-refractivity contribution in [2.75, 3.05) is 0 Å². The van der Waals surface area contributed by atoms with E-state index in [4.69, 9.17) is 11.5 Å². The average molecular weight is 306 g/mol. The van der Waals surface area contributed by atoms with Gasteiger partial charge in [-0.3, -0.25) is 0 Å². The monoisotopic (exact) mass is 305 g/mol. The molecule has 1 aliphatic rings. The number of hydrogen-bond acceptors (Lipinski definition) is 3. The van der Waals surface area contributed by atoms with Gasteiger partial charge >= 0.3 is 0 Å². The number of unbranched alkanes of at least 4 members (excludes halogenated alkanes) is 5. The Morgan fingerprint density at radius 2 is 1.55 bits per heavy atom. The van der Waals surface area contributed by atoms with Crippen LogP contribution < -0.4 is 16.8 Å². The van der Waals surface area contributed by atoms with Crippen molar-refractivity contribution in [1.82, 2.24) is 5.32 Å². The number of hydrogen-bond donors (Lipinski definition) is 3. The van der Waals surface area contributed by atoms with Crippen LogP contribution in [0, 0.1) is 5.92 Å². The molecular weight excluding hydrogens is 270 g/mol. The van der Waals surface area contributed by atoms with Gasteiger partial charge in [0, 0.05) is 11.9 Å². The largest absolute Gasteiger partial charge is 0.365 e. The maximum atomic E-state index is 5.57. The van der Waals surface area contributed by atoms with Gasteiger partial charge in [-0.15, -0.1) is 0 Å². The Hall–Kier alpha value is -1.06. The van der Waals surface area contributed by atoms with Crippen molar-refractivity contribution < 1.29 is 0 Å². The maximum Gasteiger partial charge on any atom is 0.0520 e. The van der Waals surface area contributed by atoms with E-state index in [9.17, 15) is 0 Å². The first kappa shape index (κ1) is 19.0. The maximum absolute atomic E-state index is 5.57. The third-order valence-electron chi connectivity index (χ3n) is 4.28. The summed E-state index contributed by atoms with van der Waals surface area (Å²) in [4.78, 5) is 0. The first-order valence-corrected chi connectivity index (χ1v) is 9.05. The van der Waals surface area contributed by atoms with Crippen LogP contribution in [0.5, 0.6) is 0 Å². The summed E-state index contributed by atoms with van der Waals surface area (Å²) in [6, 6.07) is 0. The lowest BCUT2D eigenvalue weighted by Crippen LogP contribution is -2.29. The van der Waals surface area contributed by atoms with Crippen molar-refractivity contribution >= 4 is 0 Å². The van der Waals surface area contributed by atoms with Crippen LogP contribution in [-0.4, -0.2) is 6.17 Å². The summed E-state index contributed by atoms with van der Waals surface area (Å²) < 4.78 is 0. The van der Waals surface area contributed by atoms with Crippen LogP contribution >= 0.6 is 0 Å². The van der Waals surface area contributed by atoms with Crippen LogP contribution in [0.15, 0.2) is 36.2 Å². The quantitative estimate of drug-likeness (QED) is 0.371. The molecule has 1 unspecified atom stereocenters. The van der Waals surface area contributed by atoms with E-state index in [0.717, 1.165) is 6.42 Å². The van der Waals surface area contributed by atoms with Gasteiger partial charge < -0.3 is 16.8 Å². The van der Waals surface area contributed by atoms with E-state index in [1.807, 2.05) is 6.20 Å². The molecule has 1 rings (SSSR count). The van der Waals surface area contributed by atoms with Gasteiger partial charge in [-0.1, -0.05) is 64.0 Å². The summed E-state index contributed by atoms with van der Waals surface area (Å²) in [7, 11) is 0. The second-order valence-electron chi connectivity index (χ2n) is 6.36. The average Bonchev–Trinajstić information content (AvgIpc) is 2.78. The molecule has 3 heteroatoms. The summed E-state index contributed by atoms with van der Waals surface area (Å²) in [6.45, 7) is 2.27. The summed E-state index contributed by atoms with van der Waals surface area (Å²) in [5.74, 6) is 0.671. The number of nitrogens with two attached hydrogens (primary N) is 2. The Labute approximate surface area is 136 Å². The van der Waals surface area contributed by atoms with E-state index in [2.05, 4.69) is 36.5 Å². The first-order chi connectivity index (χ1) is 10.7. The standard InChI is InChI=1S/C19H35N3/c1-2-3-12-17(18-14-9-7-11-16-22-18)13-8-5-4-6-10-15-19(20)21/h7,9,11,14,16-17,19,22H,2-6,8,10,12-13,15,20-21H2,1H3. The predicted octanol–water partition coefficient (Wildman–Crippen LogP) is 4.32. The third-order valence-corrected chi connectivity index (χ3v) is 4.28. The molecule has 0 aromatic rings. The normalized spacial score (nSPS) is 15.5. The second kappa shape index (κ2) is 12.5. The van der Waals surface area contributed by atoms with Gasteiger partial charge in [-0.25, -0.2) is 0 Å². The SMILES string of the molecule is CCCCC(CCCCCCCC(N)N)C1=CC=CC=CN1. The lowest BCUT2D eigenvalue weighted by Gasteiger charge is -2.20. The van der Waals surface area contributed by atoms with Crippen LogP contribution in [0.3, 0.4) is 0 Å². The fourth-order valence-electron chi connectivity index (χ4n) is 2.93. The molecule has 126 valence electrons. The fourth-order valence-corrected chi connectivity index (χ4v) is 2.93. The van der Waals surface area contributed by atoms with E-state index in [1.165, 1.54) is 63.5 Å². The van der Waals surface area contributed by atoms with Crippen molar-refractivity contribution in [2.24, 2.45) is 17.4 Å². The summed E-state index contributed by atoms with van der Waals surface area (Å²) in [6.07, 6.45) is 22.9. The van der Waals surface area contributed by atoms with Crippen LogP contribution in [-0.2, 0) is 0 Å².